The molecule has 1 saturated heterocycles. The van der Waals surface area contributed by atoms with E-state index in [4.69, 9.17) is 4.74 Å². The van der Waals surface area contributed by atoms with Crippen LogP contribution in [-0.2, 0) is 22.4 Å². The summed E-state index contributed by atoms with van der Waals surface area (Å²) >= 11 is 0. The number of aromatic nitrogens is 1. The molecular formula is C30H34N2O3. The summed E-state index contributed by atoms with van der Waals surface area (Å²) in [6.45, 7) is 3.30. The first-order chi connectivity index (χ1) is 17.2. The molecule has 1 amide bonds. The second-order valence-corrected chi connectivity index (χ2v) is 9.65. The van der Waals surface area contributed by atoms with Gasteiger partial charge in [0.2, 0.25) is 0 Å². The highest BCUT2D eigenvalue weighted by Crippen LogP contribution is 2.33. The van der Waals surface area contributed by atoms with Crippen LogP contribution in [0.4, 0.5) is 0 Å². The Morgan fingerprint density at radius 1 is 0.943 bits per heavy atom. The third-order valence-corrected chi connectivity index (χ3v) is 7.32. The molecule has 3 aromatic rings. The van der Waals surface area contributed by atoms with Gasteiger partial charge in [-0.15, -0.1) is 0 Å². The van der Waals surface area contributed by atoms with Gasteiger partial charge < -0.3 is 14.2 Å². The second-order valence-electron chi connectivity index (χ2n) is 9.65. The van der Waals surface area contributed by atoms with Crippen LogP contribution >= 0.6 is 0 Å². The third kappa shape index (κ3) is 4.90. The van der Waals surface area contributed by atoms with Crippen molar-refractivity contribution >= 4 is 11.9 Å². The van der Waals surface area contributed by atoms with Gasteiger partial charge >= 0.3 is 5.97 Å². The van der Waals surface area contributed by atoms with Crippen LogP contribution in [-0.4, -0.2) is 41.0 Å². The Balaban J connectivity index is 1.42. The summed E-state index contributed by atoms with van der Waals surface area (Å²) in [5.74, 6) is -0.432. The fourth-order valence-corrected chi connectivity index (χ4v) is 5.54. The number of carbonyl (C=O) groups is 2. The first-order valence-electron chi connectivity index (χ1n) is 13.0. The van der Waals surface area contributed by atoms with E-state index in [9.17, 15) is 9.59 Å². The highest BCUT2D eigenvalue weighted by Gasteiger charge is 2.30. The maximum absolute atomic E-state index is 13.3. The molecule has 1 atom stereocenters. The number of hydrogen-bond donors (Lipinski definition) is 0. The first-order valence-corrected chi connectivity index (χ1v) is 13.0. The predicted octanol–water partition coefficient (Wildman–Crippen LogP) is 5.83. The van der Waals surface area contributed by atoms with Gasteiger partial charge in [0, 0.05) is 30.0 Å². The summed E-state index contributed by atoms with van der Waals surface area (Å²) in [5, 5.41) is 0. The Bertz CT molecular complexity index is 1180. The Morgan fingerprint density at radius 2 is 1.71 bits per heavy atom. The standard InChI is InChI=1S/C30H34N2O3/c1-2-35-30(34)25-13-9-19-31(21-25)29(33)23-15-17-26(18-16-23)32-27-14-8-4-7-12-24(27)20-28(32)22-10-5-3-6-11-22/h3,5-6,10-11,15-18,20,25H,2,4,7-9,12-14,19,21H2,1H3/t25-/m1/s1. The molecule has 0 bridgehead atoms. The second kappa shape index (κ2) is 10.5. The molecule has 182 valence electrons. The number of hydrogen-bond acceptors (Lipinski definition) is 3. The average molecular weight is 471 g/mol. The summed E-state index contributed by atoms with van der Waals surface area (Å²) in [5.41, 5.74) is 7.02. The van der Waals surface area contributed by atoms with Gasteiger partial charge in [0.15, 0.2) is 0 Å². The Morgan fingerprint density at radius 3 is 2.49 bits per heavy atom. The summed E-state index contributed by atoms with van der Waals surface area (Å²) in [4.78, 5) is 27.3. The van der Waals surface area contributed by atoms with E-state index < -0.39 is 0 Å². The Kier molecular flexibility index (Phi) is 7.03. The van der Waals surface area contributed by atoms with E-state index in [2.05, 4.69) is 53.1 Å². The lowest BCUT2D eigenvalue weighted by Crippen LogP contribution is -2.42. The van der Waals surface area contributed by atoms with Crippen LogP contribution in [0.25, 0.3) is 16.9 Å². The molecule has 1 aliphatic heterocycles. The van der Waals surface area contributed by atoms with E-state index in [0.29, 0.717) is 25.3 Å². The minimum absolute atomic E-state index is 0.0137. The molecule has 0 radical (unpaired) electrons. The number of piperidine rings is 1. The molecule has 0 spiro atoms. The van der Waals surface area contributed by atoms with Crippen molar-refractivity contribution in [3.63, 3.8) is 0 Å². The molecule has 2 aliphatic rings. The molecule has 1 aromatic heterocycles. The fourth-order valence-electron chi connectivity index (χ4n) is 5.54. The SMILES string of the molecule is CCOC(=O)[C@@H]1CCCN(C(=O)c2ccc(-n3c(-c4ccccc4)cc4c3CCCCC4)cc2)C1. The van der Waals surface area contributed by atoms with Crippen molar-refractivity contribution in [2.75, 3.05) is 19.7 Å². The zero-order chi connectivity index (χ0) is 24.2. The van der Waals surface area contributed by atoms with Crippen LogP contribution in [0.15, 0.2) is 60.7 Å². The van der Waals surface area contributed by atoms with E-state index in [1.807, 2.05) is 19.1 Å². The fraction of sp³-hybridized carbons (Fsp3) is 0.400. The van der Waals surface area contributed by atoms with Crippen LogP contribution in [0, 0.1) is 5.92 Å². The van der Waals surface area contributed by atoms with Crippen molar-refractivity contribution in [3.8, 4) is 16.9 Å². The molecule has 2 heterocycles. The van der Waals surface area contributed by atoms with Gasteiger partial charge in [-0.2, -0.15) is 0 Å². The molecule has 0 unspecified atom stereocenters. The number of benzene rings is 2. The molecule has 2 aromatic carbocycles. The summed E-state index contributed by atoms with van der Waals surface area (Å²) < 4.78 is 7.59. The van der Waals surface area contributed by atoms with Crippen molar-refractivity contribution in [2.24, 2.45) is 5.92 Å². The zero-order valence-corrected chi connectivity index (χ0v) is 20.5. The number of aryl methyl sites for hydroxylation is 1. The molecule has 0 N–H and O–H groups in total. The van der Waals surface area contributed by atoms with Gasteiger partial charge in [0.25, 0.3) is 5.91 Å². The van der Waals surface area contributed by atoms with Gasteiger partial charge in [0.1, 0.15) is 0 Å². The highest BCUT2D eigenvalue weighted by molar-refractivity contribution is 5.94. The number of rotatable bonds is 5. The van der Waals surface area contributed by atoms with E-state index in [1.165, 1.54) is 41.8 Å². The minimum Gasteiger partial charge on any atom is -0.466 e. The molecule has 5 nitrogen and oxygen atoms in total. The number of ether oxygens (including phenoxy) is 1. The number of esters is 1. The Labute approximate surface area is 207 Å². The van der Waals surface area contributed by atoms with E-state index in [-0.39, 0.29) is 17.8 Å². The monoisotopic (exact) mass is 470 g/mol. The van der Waals surface area contributed by atoms with Crippen LogP contribution < -0.4 is 0 Å². The van der Waals surface area contributed by atoms with Crippen molar-refractivity contribution in [2.45, 2.75) is 51.9 Å². The minimum atomic E-state index is -0.226. The van der Waals surface area contributed by atoms with Crippen LogP contribution in [0.1, 0.15) is 60.6 Å². The van der Waals surface area contributed by atoms with E-state index in [1.54, 1.807) is 4.90 Å². The molecule has 0 saturated carbocycles. The summed E-state index contributed by atoms with van der Waals surface area (Å²) in [6.07, 6.45) is 7.51. The van der Waals surface area contributed by atoms with Gasteiger partial charge in [-0.05, 0) is 86.9 Å². The normalized spacial score (nSPS) is 18.0. The van der Waals surface area contributed by atoms with Crippen molar-refractivity contribution in [1.82, 2.24) is 9.47 Å². The van der Waals surface area contributed by atoms with Crippen LogP contribution in [0.5, 0.6) is 0 Å². The van der Waals surface area contributed by atoms with Gasteiger partial charge in [-0.3, -0.25) is 9.59 Å². The average Bonchev–Trinajstić information content (AvgIpc) is 3.11. The quantitative estimate of drug-likeness (QED) is 0.348. The third-order valence-electron chi connectivity index (χ3n) is 7.32. The van der Waals surface area contributed by atoms with Gasteiger partial charge in [-0.25, -0.2) is 0 Å². The molecule has 1 fully saturated rings. The smallest absolute Gasteiger partial charge is 0.310 e. The van der Waals surface area contributed by atoms with E-state index in [0.717, 1.165) is 31.4 Å². The first kappa shape index (κ1) is 23.4. The number of likely N-dealkylation sites (tertiary alicyclic amines) is 1. The maximum Gasteiger partial charge on any atom is 0.310 e. The lowest BCUT2D eigenvalue weighted by Gasteiger charge is -2.31. The molecule has 5 rings (SSSR count). The van der Waals surface area contributed by atoms with Crippen molar-refractivity contribution < 1.29 is 14.3 Å². The molecular weight excluding hydrogens is 436 g/mol. The largest absolute Gasteiger partial charge is 0.466 e. The Hall–Kier alpha value is -3.34. The lowest BCUT2D eigenvalue weighted by molar-refractivity contribution is -0.149. The van der Waals surface area contributed by atoms with Crippen LogP contribution in [0.2, 0.25) is 0 Å². The summed E-state index contributed by atoms with van der Waals surface area (Å²) in [6, 6.07) is 20.9. The van der Waals surface area contributed by atoms with Gasteiger partial charge in [0.05, 0.1) is 18.2 Å². The van der Waals surface area contributed by atoms with E-state index >= 15 is 0 Å². The number of carbonyl (C=O) groups excluding carboxylic acids is 2. The van der Waals surface area contributed by atoms with Crippen molar-refractivity contribution in [1.29, 1.82) is 0 Å². The molecule has 1 aliphatic carbocycles. The zero-order valence-electron chi connectivity index (χ0n) is 20.5. The molecule has 5 heteroatoms. The van der Waals surface area contributed by atoms with Crippen molar-refractivity contribution in [3.05, 3.63) is 77.5 Å². The number of fused-ring (bicyclic) bond motifs is 1. The summed E-state index contributed by atoms with van der Waals surface area (Å²) in [7, 11) is 0. The number of amides is 1. The number of nitrogens with zero attached hydrogens (tertiary/aromatic N) is 2. The predicted molar refractivity (Wildman–Crippen MR) is 138 cm³/mol. The topological polar surface area (TPSA) is 51.5 Å². The lowest BCUT2D eigenvalue weighted by atomic mass is 9.97. The highest BCUT2D eigenvalue weighted by atomic mass is 16.5. The molecule has 35 heavy (non-hydrogen) atoms. The van der Waals surface area contributed by atoms with Gasteiger partial charge in [-0.1, -0.05) is 36.8 Å². The van der Waals surface area contributed by atoms with Crippen LogP contribution in [0.3, 0.4) is 0 Å². The maximum atomic E-state index is 13.3.